The number of nitrogens with one attached hydrogen (secondary N) is 1. The van der Waals surface area contributed by atoms with Gasteiger partial charge in [0.2, 0.25) is 5.91 Å². The second-order valence-electron chi connectivity index (χ2n) is 16.1. The number of hydrogen-bond donors (Lipinski definition) is 3. The summed E-state index contributed by atoms with van der Waals surface area (Å²) < 4.78 is 5.44. The Morgan fingerprint density at radius 3 is 1.33 bits per heavy atom. The zero-order valence-corrected chi connectivity index (χ0v) is 36.0. The first kappa shape index (κ1) is 52.3. The maximum absolute atomic E-state index is 12.4. The number of aliphatic hydroxyl groups excluding tert-OH is 2. The summed E-state index contributed by atoms with van der Waals surface area (Å²) in [6.07, 6.45) is 50.1. The maximum Gasteiger partial charge on any atom is 0.305 e. The van der Waals surface area contributed by atoms with E-state index in [-0.39, 0.29) is 18.5 Å². The summed E-state index contributed by atoms with van der Waals surface area (Å²) >= 11 is 0. The van der Waals surface area contributed by atoms with Crippen molar-refractivity contribution in [3.8, 4) is 0 Å². The Balaban J connectivity index is 3.52. The molecule has 0 aliphatic heterocycles. The Bertz CT molecular complexity index is 843. The van der Waals surface area contributed by atoms with Crippen LogP contribution in [0.5, 0.6) is 0 Å². The normalized spacial score (nSPS) is 12.9. The molecule has 0 bridgehead atoms. The van der Waals surface area contributed by atoms with Gasteiger partial charge in [-0.2, -0.15) is 0 Å². The molecule has 0 rings (SSSR count). The Kier molecular flexibility index (Phi) is 42.7. The van der Waals surface area contributed by atoms with Crippen LogP contribution in [-0.2, 0) is 14.3 Å². The smallest absolute Gasteiger partial charge is 0.305 e. The molecule has 318 valence electrons. The molecule has 2 atom stereocenters. The van der Waals surface area contributed by atoms with Crippen LogP contribution in [0, 0.1) is 0 Å². The average molecular weight is 762 g/mol. The van der Waals surface area contributed by atoms with Crippen molar-refractivity contribution < 1.29 is 24.5 Å². The molecule has 6 nitrogen and oxygen atoms in total. The van der Waals surface area contributed by atoms with Gasteiger partial charge in [-0.1, -0.05) is 199 Å². The summed E-state index contributed by atoms with van der Waals surface area (Å²) in [5.41, 5.74) is 0. The van der Waals surface area contributed by atoms with Crippen molar-refractivity contribution in [1.82, 2.24) is 5.32 Å². The lowest BCUT2D eigenvalue weighted by Gasteiger charge is -2.20. The van der Waals surface area contributed by atoms with Gasteiger partial charge < -0.3 is 20.3 Å². The van der Waals surface area contributed by atoms with E-state index in [1.165, 1.54) is 161 Å². The molecule has 0 saturated carbocycles. The molecule has 54 heavy (non-hydrogen) atoms. The van der Waals surface area contributed by atoms with E-state index in [2.05, 4.69) is 31.3 Å². The van der Waals surface area contributed by atoms with E-state index < -0.39 is 12.1 Å². The Labute approximate surface area is 335 Å². The SMILES string of the molecule is CCCCCC/C=C\CCCCCCCC(=O)OCCCCCCCCCCCCCC(=O)NC(CO)C(O)/C=C/CCCCCCCCCCCCC. The van der Waals surface area contributed by atoms with Gasteiger partial charge in [0.05, 0.1) is 25.4 Å². The van der Waals surface area contributed by atoms with Crippen LogP contribution in [0.3, 0.4) is 0 Å². The van der Waals surface area contributed by atoms with Gasteiger partial charge in [-0.15, -0.1) is 0 Å². The molecular weight excluding hydrogens is 671 g/mol. The monoisotopic (exact) mass is 762 g/mol. The summed E-state index contributed by atoms with van der Waals surface area (Å²) in [7, 11) is 0. The average Bonchev–Trinajstić information content (AvgIpc) is 3.17. The van der Waals surface area contributed by atoms with E-state index in [9.17, 15) is 19.8 Å². The first-order valence-corrected chi connectivity index (χ1v) is 23.6. The van der Waals surface area contributed by atoms with Gasteiger partial charge in [0.25, 0.3) is 0 Å². The van der Waals surface area contributed by atoms with E-state index in [0.717, 1.165) is 57.8 Å². The minimum Gasteiger partial charge on any atom is -0.466 e. The molecule has 0 fully saturated rings. The molecule has 0 heterocycles. The zero-order valence-electron chi connectivity index (χ0n) is 36.0. The lowest BCUT2D eigenvalue weighted by atomic mass is 10.0. The van der Waals surface area contributed by atoms with E-state index >= 15 is 0 Å². The van der Waals surface area contributed by atoms with Crippen molar-refractivity contribution in [1.29, 1.82) is 0 Å². The van der Waals surface area contributed by atoms with Crippen molar-refractivity contribution in [2.75, 3.05) is 13.2 Å². The van der Waals surface area contributed by atoms with Gasteiger partial charge in [0.1, 0.15) is 0 Å². The molecule has 2 unspecified atom stereocenters. The highest BCUT2D eigenvalue weighted by atomic mass is 16.5. The van der Waals surface area contributed by atoms with Gasteiger partial charge in [-0.05, 0) is 57.8 Å². The van der Waals surface area contributed by atoms with Crippen molar-refractivity contribution in [2.24, 2.45) is 0 Å². The van der Waals surface area contributed by atoms with E-state index in [1.807, 2.05) is 6.08 Å². The highest BCUT2D eigenvalue weighted by Crippen LogP contribution is 2.15. The van der Waals surface area contributed by atoms with Crippen molar-refractivity contribution >= 4 is 11.9 Å². The fourth-order valence-corrected chi connectivity index (χ4v) is 7.04. The van der Waals surface area contributed by atoms with Gasteiger partial charge >= 0.3 is 5.97 Å². The highest BCUT2D eigenvalue weighted by Gasteiger charge is 2.18. The number of esters is 1. The first-order valence-electron chi connectivity index (χ1n) is 23.6. The third-order valence-corrected chi connectivity index (χ3v) is 10.7. The van der Waals surface area contributed by atoms with E-state index in [1.54, 1.807) is 6.08 Å². The largest absolute Gasteiger partial charge is 0.466 e. The van der Waals surface area contributed by atoms with Crippen molar-refractivity contribution in [2.45, 2.75) is 257 Å². The predicted octanol–water partition coefficient (Wildman–Crippen LogP) is 13.6. The Hall–Kier alpha value is -1.66. The van der Waals surface area contributed by atoms with Gasteiger partial charge in [-0.3, -0.25) is 9.59 Å². The molecule has 1 amide bonds. The van der Waals surface area contributed by atoms with Gasteiger partial charge in [0, 0.05) is 12.8 Å². The summed E-state index contributed by atoms with van der Waals surface area (Å²) in [6, 6.07) is -0.640. The molecule has 0 radical (unpaired) electrons. The summed E-state index contributed by atoms with van der Waals surface area (Å²) in [5, 5.41) is 23.0. The van der Waals surface area contributed by atoms with Crippen LogP contribution in [0.15, 0.2) is 24.3 Å². The van der Waals surface area contributed by atoms with Gasteiger partial charge in [-0.25, -0.2) is 0 Å². The molecule has 3 N–H and O–H groups in total. The topological polar surface area (TPSA) is 95.9 Å². The number of aliphatic hydroxyl groups is 2. The fraction of sp³-hybridized carbons (Fsp3) is 0.875. The van der Waals surface area contributed by atoms with Crippen LogP contribution >= 0.6 is 0 Å². The van der Waals surface area contributed by atoms with Crippen molar-refractivity contribution in [3.63, 3.8) is 0 Å². The minimum atomic E-state index is -0.855. The standard InChI is InChI=1S/C48H91NO5/c1-3-5-7-9-11-13-15-17-20-24-28-32-36-40-46(51)45(44-50)49-47(52)41-37-33-29-25-21-19-23-27-31-35-39-43-54-48(53)42-38-34-30-26-22-18-16-14-12-10-8-6-4-2/h14,16,36,40,45-46,50-51H,3-13,15,17-35,37-39,41-44H2,1-2H3,(H,49,52)/b16-14-,40-36+. The third-order valence-electron chi connectivity index (χ3n) is 10.7. The van der Waals surface area contributed by atoms with Crippen LogP contribution < -0.4 is 5.32 Å². The molecule has 0 aromatic heterocycles. The van der Waals surface area contributed by atoms with Crippen molar-refractivity contribution in [3.05, 3.63) is 24.3 Å². The number of carbonyl (C=O) groups is 2. The third kappa shape index (κ3) is 40.0. The van der Waals surface area contributed by atoms with Crippen LogP contribution in [0.1, 0.15) is 245 Å². The molecular formula is C48H91NO5. The number of allylic oxidation sites excluding steroid dienone is 3. The summed E-state index contributed by atoms with van der Waals surface area (Å²) in [4.78, 5) is 24.4. The molecule has 0 aromatic rings. The minimum absolute atomic E-state index is 0.0254. The Morgan fingerprint density at radius 1 is 0.500 bits per heavy atom. The zero-order chi connectivity index (χ0) is 39.4. The predicted molar refractivity (Wildman–Crippen MR) is 232 cm³/mol. The lowest BCUT2D eigenvalue weighted by molar-refractivity contribution is -0.143. The molecule has 0 aliphatic carbocycles. The molecule has 0 saturated heterocycles. The number of amides is 1. The molecule has 6 heteroatoms. The second kappa shape index (κ2) is 44.1. The number of carbonyl (C=O) groups excluding carboxylic acids is 2. The number of unbranched alkanes of at least 4 members (excludes halogenated alkanes) is 30. The maximum atomic E-state index is 12.4. The molecule has 0 aliphatic rings. The highest BCUT2D eigenvalue weighted by molar-refractivity contribution is 5.76. The molecule has 0 spiro atoms. The lowest BCUT2D eigenvalue weighted by Crippen LogP contribution is -2.45. The first-order chi connectivity index (χ1) is 26.5. The fourth-order valence-electron chi connectivity index (χ4n) is 7.04. The van der Waals surface area contributed by atoms with Crippen LogP contribution in [0.4, 0.5) is 0 Å². The summed E-state index contributed by atoms with van der Waals surface area (Å²) in [6.45, 7) is 4.83. The molecule has 0 aromatic carbocycles. The van der Waals surface area contributed by atoms with Crippen LogP contribution in [0.2, 0.25) is 0 Å². The second-order valence-corrected chi connectivity index (χ2v) is 16.1. The quantitative estimate of drug-likeness (QED) is 0.0327. The number of rotatable bonds is 43. The van der Waals surface area contributed by atoms with E-state index in [0.29, 0.717) is 19.4 Å². The van der Waals surface area contributed by atoms with Crippen LogP contribution in [-0.4, -0.2) is 47.4 Å². The van der Waals surface area contributed by atoms with Gasteiger partial charge in [0.15, 0.2) is 0 Å². The van der Waals surface area contributed by atoms with E-state index in [4.69, 9.17) is 4.74 Å². The number of hydrogen-bond acceptors (Lipinski definition) is 5. The summed E-state index contributed by atoms with van der Waals surface area (Å²) in [5.74, 6) is -0.114. The van der Waals surface area contributed by atoms with Crippen LogP contribution in [0.25, 0.3) is 0 Å². The Morgan fingerprint density at radius 2 is 0.870 bits per heavy atom. The number of ether oxygens (including phenoxy) is 1.